The molecule has 2 fully saturated rings. The molecule has 26 heavy (non-hydrogen) atoms. The van der Waals surface area contributed by atoms with Gasteiger partial charge >= 0.3 is 0 Å². The number of amides is 2. The number of hydrogen-bond donors (Lipinski definition) is 1. The Labute approximate surface area is 159 Å². The van der Waals surface area contributed by atoms with Crippen molar-refractivity contribution in [3.63, 3.8) is 0 Å². The number of anilines is 1. The highest BCUT2D eigenvalue weighted by molar-refractivity contribution is 6.02. The van der Waals surface area contributed by atoms with Crippen LogP contribution in [-0.2, 0) is 9.59 Å². The van der Waals surface area contributed by atoms with Crippen LogP contribution in [0.5, 0.6) is 5.75 Å². The number of para-hydroxylation sites is 2. The Morgan fingerprint density at radius 2 is 1.96 bits per heavy atom. The van der Waals surface area contributed by atoms with E-state index in [4.69, 9.17) is 4.74 Å². The second kappa shape index (κ2) is 8.24. The van der Waals surface area contributed by atoms with E-state index in [0.717, 1.165) is 45.7 Å². The van der Waals surface area contributed by atoms with E-state index in [9.17, 15) is 9.59 Å². The zero-order valence-corrected chi connectivity index (χ0v) is 15.5. The first-order chi connectivity index (χ1) is 12.2. The Morgan fingerprint density at radius 3 is 2.77 bits per heavy atom. The molecule has 4 rings (SSSR count). The van der Waals surface area contributed by atoms with Crippen LogP contribution in [0.4, 0.5) is 5.69 Å². The van der Waals surface area contributed by atoms with Gasteiger partial charge in [-0.3, -0.25) is 19.4 Å². The summed E-state index contributed by atoms with van der Waals surface area (Å²) in [6.07, 6.45) is 1.01. The molecule has 1 aromatic rings. The van der Waals surface area contributed by atoms with Crippen LogP contribution in [0.25, 0.3) is 0 Å². The highest BCUT2D eigenvalue weighted by Crippen LogP contribution is 2.31. The van der Waals surface area contributed by atoms with Gasteiger partial charge in [0, 0.05) is 45.3 Å². The van der Waals surface area contributed by atoms with Gasteiger partial charge in [-0.15, -0.1) is 12.4 Å². The Hall–Kier alpha value is -1.83. The molecule has 1 atom stereocenters. The van der Waals surface area contributed by atoms with Crippen molar-refractivity contribution >= 4 is 29.9 Å². The van der Waals surface area contributed by atoms with Crippen LogP contribution in [0.3, 0.4) is 0 Å². The summed E-state index contributed by atoms with van der Waals surface area (Å²) in [5, 5.41) is 3.36. The number of rotatable bonds is 3. The number of nitrogens with zero attached hydrogens (tertiary/aromatic N) is 3. The average Bonchev–Trinajstić information content (AvgIpc) is 3.15. The number of likely N-dealkylation sites (tertiary alicyclic amines) is 1. The van der Waals surface area contributed by atoms with Gasteiger partial charge in [0.2, 0.25) is 5.91 Å². The highest BCUT2D eigenvalue weighted by atomic mass is 35.5. The lowest BCUT2D eigenvalue weighted by Gasteiger charge is -2.33. The predicted molar refractivity (Wildman–Crippen MR) is 101 cm³/mol. The van der Waals surface area contributed by atoms with E-state index in [1.165, 1.54) is 0 Å². The summed E-state index contributed by atoms with van der Waals surface area (Å²) < 4.78 is 5.44. The fourth-order valence-corrected chi connectivity index (χ4v) is 3.88. The van der Waals surface area contributed by atoms with Crippen molar-refractivity contribution in [2.45, 2.75) is 12.5 Å². The number of fused-ring (bicyclic) bond motifs is 1. The van der Waals surface area contributed by atoms with Gasteiger partial charge in [0.05, 0.1) is 5.69 Å². The van der Waals surface area contributed by atoms with Gasteiger partial charge in [0.1, 0.15) is 12.3 Å². The Balaban J connectivity index is 0.00000196. The number of ether oxygens (including phenoxy) is 1. The van der Waals surface area contributed by atoms with Crippen molar-refractivity contribution < 1.29 is 14.3 Å². The molecule has 0 spiro atoms. The van der Waals surface area contributed by atoms with Crippen molar-refractivity contribution in [3.8, 4) is 5.75 Å². The first-order valence-electron chi connectivity index (χ1n) is 8.97. The minimum atomic E-state index is -0.162. The van der Waals surface area contributed by atoms with Crippen LogP contribution < -0.4 is 15.0 Å². The molecule has 3 heterocycles. The van der Waals surface area contributed by atoms with Crippen molar-refractivity contribution in [3.05, 3.63) is 24.3 Å². The Bertz CT molecular complexity index is 666. The third-order valence-corrected chi connectivity index (χ3v) is 5.29. The summed E-state index contributed by atoms with van der Waals surface area (Å²) in [4.78, 5) is 30.9. The normalized spacial score (nSPS) is 23.2. The zero-order valence-electron chi connectivity index (χ0n) is 14.7. The number of hydrogen-bond acceptors (Lipinski definition) is 5. The van der Waals surface area contributed by atoms with Gasteiger partial charge in [-0.05, 0) is 18.6 Å². The molecule has 2 amide bonds. The van der Waals surface area contributed by atoms with E-state index in [0.29, 0.717) is 17.5 Å². The predicted octanol–water partition coefficient (Wildman–Crippen LogP) is 0.340. The Morgan fingerprint density at radius 1 is 1.19 bits per heavy atom. The molecule has 142 valence electrons. The van der Waals surface area contributed by atoms with Gasteiger partial charge in [0.15, 0.2) is 6.61 Å². The van der Waals surface area contributed by atoms with Gasteiger partial charge in [-0.1, -0.05) is 12.1 Å². The van der Waals surface area contributed by atoms with Crippen LogP contribution in [0.15, 0.2) is 24.3 Å². The Kier molecular flexibility index (Phi) is 6.01. The average molecular weight is 381 g/mol. The lowest BCUT2D eigenvalue weighted by molar-refractivity contribution is -0.131. The summed E-state index contributed by atoms with van der Waals surface area (Å²) in [5.74, 6) is 0.516. The van der Waals surface area contributed by atoms with E-state index in [2.05, 4.69) is 10.2 Å². The van der Waals surface area contributed by atoms with Crippen LogP contribution in [0.1, 0.15) is 6.42 Å². The van der Waals surface area contributed by atoms with Crippen LogP contribution in [0.2, 0.25) is 0 Å². The molecule has 8 heteroatoms. The summed E-state index contributed by atoms with van der Waals surface area (Å²) >= 11 is 0. The fourth-order valence-electron chi connectivity index (χ4n) is 3.88. The quantitative estimate of drug-likeness (QED) is 0.819. The standard InChI is InChI=1S/C18H24N4O3.ClH/c23-17(21-8-5-14(11-21)20-9-6-19-7-10-20)12-22-15-3-1-2-4-16(15)25-13-18(22)24;/h1-4,14,19H,5-13H2;1H. The van der Waals surface area contributed by atoms with E-state index in [-0.39, 0.29) is 37.4 Å². The van der Waals surface area contributed by atoms with Gasteiger partial charge in [-0.25, -0.2) is 0 Å². The smallest absolute Gasteiger partial charge is 0.265 e. The van der Waals surface area contributed by atoms with E-state index >= 15 is 0 Å². The molecule has 3 aliphatic heterocycles. The maximum Gasteiger partial charge on any atom is 0.265 e. The van der Waals surface area contributed by atoms with E-state index in [1.54, 1.807) is 4.90 Å². The lowest BCUT2D eigenvalue weighted by atomic mass is 10.2. The molecular formula is C18H25ClN4O3. The minimum Gasteiger partial charge on any atom is -0.482 e. The molecule has 1 aromatic carbocycles. The lowest BCUT2D eigenvalue weighted by Crippen LogP contribution is -2.50. The minimum absolute atomic E-state index is 0. The third kappa shape index (κ3) is 3.79. The number of benzene rings is 1. The molecule has 3 aliphatic rings. The first kappa shape index (κ1) is 18.9. The second-order valence-electron chi connectivity index (χ2n) is 6.80. The van der Waals surface area contributed by atoms with Crippen molar-refractivity contribution in [2.75, 3.05) is 57.3 Å². The molecule has 0 radical (unpaired) electrons. The molecule has 2 saturated heterocycles. The van der Waals surface area contributed by atoms with Crippen molar-refractivity contribution in [1.82, 2.24) is 15.1 Å². The maximum absolute atomic E-state index is 12.8. The maximum atomic E-state index is 12.8. The number of carbonyl (C=O) groups is 2. The largest absolute Gasteiger partial charge is 0.482 e. The first-order valence-corrected chi connectivity index (χ1v) is 8.97. The summed E-state index contributed by atoms with van der Waals surface area (Å²) in [6.45, 7) is 5.74. The topological polar surface area (TPSA) is 65.1 Å². The third-order valence-electron chi connectivity index (χ3n) is 5.29. The van der Waals surface area contributed by atoms with Gasteiger partial charge < -0.3 is 15.0 Å². The van der Waals surface area contributed by atoms with Crippen LogP contribution in [-0.4, -0.2) is 80.1 Å². The summed E-state index contributed by atoms with van der Waals surface area (Å²) in [6, 6.07) is 7.82. The molecule has 7 nitrogen and oxygen atoms in total. The molecule has 0 aromatic heterocycles. The van der Waals surface area contributed by atoms with E-state index < -0.39 is 0 Å². The summed E-state index contributed by atoms with van der Waals surface area (Å²) in [5.41, 5.74) is 0.685. The van der Waals surface area contributed by atoms with E-state index in [1.807, 2.05) is 29.2 Å². The number of nitrogens with one attached hydrogen (secondary N) is 1. The van der Waals surface area contributed by atoms with Gasteiger partial charge in [0.25, 0.3) is 5.91 Å². The summed E-state index contributed by atoms with van der Waals surface area (Å²) in [7, 11) is 0. The number of piperazine rings is 1. The molecule has 1 N–H and O–H groups in total. The van der Waals surface area contributed by atoms with Crippen molar-refractivity contribution in [1.29, 1.82) is 0 Å². The second-order valence-corrected chi connectivity index (χ2v) is 6.80. The number of carbonyl (C=O) groups excluding carboxylic acids is 2. The van der Waals surface area contributed by atoms with Crippen molar-refractivity contribution in [2.24, 2.45) is 0 Å². The monoisotopic (exact) mass is 380 g/mol. The number of halogens is 1. The molecule has 0 bridgehead atoms. The van der Waals surface area contributed by atoms with Crippen LogP contribution in [0, 0.1) is 0 Å². The van der Waals surface area contributed by atoms with Crippen LogP contribution >= 0.6 is 12.4 Å². The zero-order chi connectivity index (χ0) is 17.2. The molecular weight excluding hydrogens is 356 g/mol. The molecule has 0 aliphatic carbocycles. The molecule has 0 saturated carbocycles. The fraction of sp³-hybridized carbons (Fsp3) is 0.556. The van der Waals surface area contributed by atoms with Gasteiger partial charge in [-0.2, -0.15) is 0 Å². The SMILES string of the molecule is Cl.O=C(CN1C(=O)COc2ccccc21)N1CCC(N2CCNCC2)C1. The molecule has 1 unspecified atom stereocenters. The highest BCUT2D eigenvalue weighted by Gasteiger charge is 2.33.